The van der Waals surface area contributed by atoms with Crippen molar-refractivity contribution in [2.24, 2.45) is 5.73 Å². The molecule has 0 saturated heterocycles. The van der Waals surface area contributed by atoms with E-state index in [2.05, 4.69) is 10.6 Å². The van der Waals surface area contributed by atoms with Crippen LogP contribution in [0.4, 0.5) is 16.2 Å². The van der Waals surface area contributed by atoms with E-state index in [1.165, 1.54) is 12.2 Å². The summed E-state index contributed by atoms with van der Waals surface area (Å²) in [5, 5.41) is 13.7. The minimum Gasteiger partial charge on any atom is -0.376 e. The quantitative estimate of drug-likeness (QED) is 0.577. The molecular weight excluding hydrogens is 334 g/mol. The molecular formula is C18H21N5O3. The van der Waals surface area contributed by atoms with Crippen LogP contribution in [0.25, 0.3) is 0 Å². The number of allylic oxidation sites excluding steroid dienone is 3. The Morgan fingerprint density at radius 3 is 2.42 bits per heavy atom. The van der Waals surface area contributed by atoms with E-state index in [9.17, 15) is 14.4 Å². The Morgan fingerprint density at radius 1 is 1.19 bits per heavy atom. The number of ketones is 1. The van der Waals surface area contributed by atoms with Crippen molar-refractivity contribution in [1.82, 2.24) is 5.32 Å². The van der Waals surface area contributed by atoms with Gasteiger partial charge in [-0.3, -0.25) is 19.9 Å². The van der Waals surface area contributed by atoms with E-state index in [0.29, 0.717) is 23.5 Å². The van der Waals surface area contributed by atoms with Crippen molar-refractivity contribution in [3.05, 3.63) is 47.7 Å². The van der Waals surface area contributed by atoms with Crippen LogP contribution >= 0.6 is 0 Å². The lowest BCUT2D eigenvalue weighted by atomic mass is 10.0. The van der Waals surface area contributed by atoms with Crippen LogP contribution in [0, 0.1) is 5.41 Å². The Bertz CT molecular complexity index is 809. The second-order valence-electron chi connectivity index (χ2n) is 5.66. The fourth-order valence-corrected chi connectivity index (χ4v) is 2.42. The number of benzene rings is 1. The van der Waals surface area contributed by atoms with Crippen LogP contribution in [-0.2, 0) is 9.59 Å². The van der Waals surface area contributed by atoms with Gasteiger partial charge in [0.1, 0.15) is 0 Å². The number of urea groups is 1. The van der Waals surface area contributed by atoms with E-state index in [1.54, 1.807) is 31.2 Å². The fourth-order valence-electron chi connectivity index (χ4n) is 2.42. The van der Waals surface area contributed by atoms with Crippen molar-refractivity contribution in [1.29, 1.82) is 5.41 Å². The number of hydrogen-bond donors (Lipinski definition) is 4. The summed E-state index contributed by atoms with van der Waals surface area (Å²) in [5.74, 6) is -0.403. The zero-order valence-electron chi connectivity index (χ0n) is 14.6. The van der Waals surface area contributed by atoms with E-state index < -0.39 is 6.03 Å². The van der Waals surface area contributed by atoms with Crippen molar-refractivity contribution in [2.45, 2.75) is 13.8 Å². The van der Waals surface area contributed by atoms with Crippen molar-refractivity contribution in [2.75, 3.05) is 23.3 Å². The highest BCUT2D eigenvalue weighted by molar-refractivity contribution is 6.24. The Labute approximate surface area is 151 Å². The third-order valence-electron chi connectivity index (χ3n) is 3.71. The number of nitrogens with two attached hydrogens (primary N) is 1. The van der Waals surface area contributed by atoms with Gasteiger partial charge >= 0.3 is 6.03 Å². The van der Waals surface area contributed by atoms with Gasteiger partial charge in [0.2, 0.25) is 5.91 Å². The van der Waals surface area contributed by atoms with Crippen LogP contribution in [0.3, 0.4) is 0 Å². The largest absolute Gasteiger partial charge is 0.376 e. The van der Waals surface area contributed by atoms with E-state index in [1.807, 2.05) is 6.92 Å². The molecule has 1 aliphatic carbocycles. The highest BCUT2D eigenvalue weighted by atomic mass is 16.2. The molecule has 0 fully saturated rings. The fraction of sp³-hybridized carbons (Fsp3) is 0.222. The van der Waals surface area contributed by atoms with Crippen molar-refractivity contribution >= 4 is 34.8 Å². The predicted molar refractivity (Wildman–Crippen MR) is 100 cm³/mol. The zero-order chi connectivity index (χ0) is 19.3. The Hall–Kier alpha value is -3.42. The number of primary amides is 1. The van der Waals surface area contributed by atoms with Gasteiger partial charge in [-0.25, -0.2) is 4.79 Å². The average molecular weight is 355 g/mol. The molecule has 2 rings (SSSR count). The number of likely N-dealkylation sites (N-methyl/N-ethyl adjacent to an activating group) is 1. The highest BCUT2D eigenvalue weighted by Crippen LogP contribution is 2.24. The van der Waals surface area contributed by atoms with Gasteiger partial charge in [0.05, 0.1) is 23.6 Å². The number of nitrogens with one attached hydrogen (secondary N) is 3. The molecule has 0 aromatic heterocycles. The minimum absolute atomic E-state index is 0.0272. The first-order valence-corrected chi connectivity index (χ1v) is 8.07. The lowest BCUT2D eigenvalue weighted by molar-refractivity contribution is -0.119. The smallest absolute Gasteiger partial charge is 0.323 e. The molecule has 5 N–H and O–H groups in total. The molecule has 0 aliphatic heterocycles. The van der Waals surface area contributed by atoms with Crippen LogP contribution in [-0.4, -0.2) is 36.5 Å². The van der Waals surface area contributed by atoms with Gasteiger partial charge in [-0.05, 0) is 49.8 Å². The second-order valence-corrected chi connectivity index (χ2v) is 5.66. The first-order chi connectivity index (χ1) is 12.3. The maximum atomic E-state index is 11.9. The van der Waals surface area contributed by atoms with Crippen LogP contribution in [0.2, 0.25) is 0 Å². The summed E-state index contributed by atoms with van der Waals surface area (Å²) in [7, 11) is 0. The van der Waals surface area contributed by atoms with Crippen LogP contribution < -0.4 is 21.3 Å². The molecule has 8 heteroatoms. The third-order valence-corrected chi connectivity index (χ3v) is 3.71. The van der Waals surface area contributed by atoms with E-state index in [0.717, 1.165) is 4.90 Å². The summed E-state index contributed by atoms with van der Waals surface area (Å²) >= 11 is 0. The molecule has 1 aromatic rings. The average Bonchev–Trinajstić information content (AvgIpc) is 2.59. The first-order valence-electron chi connectivity index (χ1n) is 8.07. The molecule has 0 unspecified atom stereocenters. The van der Waals surface area contributed by atoms with Gasteiger partial charge in [-0.15, -0.1) is 0 Å². The molecule has 136 valence electrons. The molecule has 3 amide bonds. The minimum atomic E-state index is -0.801. The van der Waals surface area contributed by atoms with Crippen LogP contribution in [0.15, 0.2) is 47.7 Å². The van der Waals surface area contributed by atoms with Gasteiger partial charge in [-0.2, -0.15) is 0 Å². The molecule has 1 aromatic carbocycles. The standard InChI is InChI=1S/C18H21N5O3/c1-3-21-17(25)10-22-12-4-6-13(7-5-12)23(18(20)26)15-9-16(24)11(2)8-14(15)19/h4-9,19,22H,3,10H2,1-2H3,(H2,20,26)(H,21,25). The topological polar surface area (TPSA) is 128 Å². The molecule has 1 aliphatic rings. The maximum Gasteiger partial charge on any atom is 0.323 e. The molecule has 26 heavy (non-hydrogen) atoms. The SMILES string of the molecule is CCNC(=O)CNc1ccc(N(C(N)=O)C2=CC(=O)C(C)=CC2=N)cc1. The Kier molecular flexibility index (Phi) is 5.90. The van der Waals surface area contributed by atoms with Crippen LogP contribution in [0.5, 0.6) is 0 Å². The van der Waals surface area contributed by atoms with Crippen molar-refractivity contribution in [3.63, 3.8) is 0 Å². The summed E-state index contributed by atoms with van der Waals surface area (Å²) in [4.78, 5) is 36.4. The van der Waals surface area contributed by atoms with E-state index in [4.69, 9.17) is 11.1 Å². The first kappa shape index (κ1) is 18.9. The highest BCUT2D eigenvalue weighted by Gasteiger charge is 2.24. The number of nitrogens with zero attached hydrogens (tertiary/aromatic N) is 1. The van der Waals surface area contributed by atoms with Gasteiger partial charge in [0, 0.05) is 18.3 Å². The molecule has 0 atom stereocenters. The molecule has 0 bridgehead atoms. The van der Waals surface area contributed by atoms with Gasteiger partial charge < -0.3 is 16.4 Å². The van der Waals surface area contributed by atoms with Gasteiger partial charge in [-0.1, -0.05) is 0 Å². The summed E-state index contributed by atoms with van der Waals surface area (Å²) in [5.41, 5.74) is 7.13. The lowest BCUT2D eigenvalue weighted by Gasteiger charge is -2.25. The summed E-state index contributed by atoms with van der Waals surface area (Å²) in [6.07, 6.45) is 2.62. The summed E-state index contributed by atoms with van der Waals surface area (Å²) < 4.78 is 0. The molecule has 0 heterocycles. The predicted octanol–water partition coefficient (Wildman–Crippen LogP) is 1.55. The molecule has 0 spiro atoms. The summed E-state index contributed by atoms with van der Waals surface area (Å²) in [6.45, 7) is 4.12. The number of anilines is 2. The molecule has 8 nitrogen and oxygen atoms in total. The van der Waals surface area contributed by atoms with Gasteiger partial charge in [0.15, 0.2) is 5.78 Å². The number of hydrogen-bond acceptors (Lipinski definition) is 5. The van der Waals surface area contributed by atoms with Gasteiger partial charge in [0.25, 0.3) is 0 Å². The number of amides is 3. The maximum absolute atomic E-state index is 11.9. The normalized spacial score (nSPS) is 13.6. The van der Waals surface area contributed by atoms with Crippen molar-refractivity contribution < 1.29 is 14.4 Å². The number of rotatable bonds is 6. The zero-order valence-corrected chi connectivity index (χ0v) is 14.6. The number of carbonyl (C=O) groups is 3. The van der Waals surface area contributed by atoms with Crippen LogP contribution in [0.1, 0.15) is 13.8 Å². The second kappa shape index (κ2) is 8.11. The van der Waals surface area contributed by atoms with Crippen molar-refractivity contribution in [3.8, 4) is 0 Å². The Balaban J connectivity index is 2.20. The van der Waals surface area contributed by atoms with E-state index >= 15 is 0 Å². The van der Waals surface area contributed by atoms with E-state index in [-0.39, 0.29) is 29.6 Å². The third kappa shape index (κ3) is 4.35. The Morgan fingerprint density at radius 2 is 1.85 bits per heavy atom. The lowest BCUT2D eigenvalue weighted by Crippen LogP contribution is -2.38. The number of carbonyl (C=O) groups excluding carboxylic acids is 3. The summed E-state index contributed by atoms with van der Waals surface area (Å²) in [6, 6.07) is 5.80. The monoisotopic (exact) mass is 355 g/mol. The molecule has 0 radical (unpaired) electrons. The molecule has 0 saturated carbocycles.